The highest BCUT2D eigenvalue weighted by molar-refractivity contribution is 6.30. The number of hydrogen-bond donors (Lipinski definition) is 1. The molecule has 2 aromatic rings. The van der Waals surface area contributed by atoms with E-state index in [4.69, 9.17) is 26.1 Å². The molecular formula is C21H25ClN4O3. The normalized spacial score (nSPS) is 16.9. The minimum absolute atomic E-state index is 0.0707. The van der Waals surface area contributed by atoms with Crippen molar-refractivity contribution < 1.29 is 9.47 Å². The van der Waals surface area contributed by atoms with E-state index < -0.39 is 0 Å². The monoisotopic (exact) mass is 416 g/mol. The van der Waals surface area contributed by atoms with Gasteiger partial charge in [-0.15, -0.1) is 0 Å². The Balaban J connectivity index is 1.58. The number of rotatable bonds is 5. The van der Waals surface area contributed by atoms with Crippen molar-refractivity contribution in [1.29, 1.82) is 0 Å². The smallest absolute Gasteiger partial charge is 0.255 e. The Kier molecular flexibility index (Phi) is 5.87. The van der Waals surface area contributed by atoms with Crippen LogP contribution in [0.2, 0.25) is 5.02 Å². The van der Waals surface area contributed by atoms with Gasteiger partial charge in [-0.05, 0) is 25.3 Å². The molecule has 0 atom stereocenters. The lowest BCUT2D eigenvalue weighted by Gasteiger charge is -2.28. The van der Waals surface area contributed by atoms with Crippen LogP contribution in [0, 0.1) is 0 Å². The van der Waals surface area contributed by atoms with Gasteiger partial charge in [0.1, 0.15) is 0 Å². The third kappa shape index (κ3) is 4.16. The largest absolute Gasteiger partial charge is 0.493 e. The van der Waals surface area contributed by atoms with E-state index in [0.717, 1.165) is 61.3 Å². The molecule has 0 radical (unpaired) electrons. The summed E-state index contributed by atoms with van der Waals surface area (Å²) < 4.78 is 10.9. The molecule has 3 heterocycles. The van der Waals surface area contributed by atoms with Crippen molar-refractivity contribution in [2.24, 2.45) is 4.99 Å². The SMILES string of the molecule is COc1cc(Cl)cc(CN2CCc3nc(C4=NCCCC4)[nH]c(=O)c3C2)c1OC. The molecule has 1 aromatic heterocycles. The Labute approximate surface area is 174 Å². The Morgan fingerprint density at radius 2 is 2.07 bits per heavy atom. The van der Waals surface area contributed by atoms with Crippen molar-refractivity contribution in [2.45, 2.75) is 38.8 Å². The molecule has 1 aromatic carbocycles. The Hall–Kier alpha value is -2.38. The summed E-state index contributed by atoms with van der Waals surface area (Å²) in [6, 6.07) is 3.62. The highest BCUT2D eigenvalue weighted by atomic mass is 35.5. The van der Waals surface area contributed by atoms with Gasteiger partial charge < -0.3 is 14.5 Å². The van der Waals surface area contributed by atoms with Crippen LogP contribution >= 0.6 is 11.6 Å². The fraction of sp³-hybridized carbons (Fsp3) is 0.476. The number of ether oxygens (including phenoxy) is 2. The molecule has 7 nitrogen and oxygen atoms in total. The highest BCUT2D eigenvalue weighted by Crippen LogP contribution is 2.35. The number of aliphatic imine (C=N–C) groups is 1. The molecular weight excluding hydrogens is 392 g/mol. The van der Waals surface area contributed by atoms with Gasteiger partial charge in [0.2, 0.25) is 0 Å². The Morgan fingerprint density at radius 3 is 2.79 bits per heavy atom. The average molecular weight is 417 g/mol. The van der Waals surface area contributed by atoms with Crippen molar-refractivity contribution in [3.63, 3.8) is 0 Å². The van der Waals surface area contributed by atoms with Crippen molar-refractivity contribution in [1.82, 2.24) is 14.9 Å². The molecule has 2 aliphatic heterocycles. The van der Waals surface area contributed by atoms with Gasteiger partial charge in [-0.3, -0.25) is 14.7 Å². The quantitative estimate of drug-likeness (QED) is 0.810. The third-order valence-corrected chi connectivity index (χ3v) is 5.68. The zero-order chi connectivity index (χ0) is 20.4. The molecule has 0 aliphatic carbocycles. The minimum Gasteiger partial charge on any atom is -0.493 e. The van der Waals surface area contributed by atoms with E-state index >= 15 is 0 Å². The summed E-state index contributed by atoms with van der Waals surface area (Å²) in [4.78, 5) is 27.2. The second-order valence-electron chi connectivity index (χ2n) is 7.39. The molecule has 29 heavy (non-hydrogen) atoms. The van der Waals surface area contributed by atoms with Gasteiger partial charge in [0, 0.05) is 49.3 Å². The van der Waals surface area contributed by atoms with E-state index in [9.17, 15) is 4.79 Å². The number of fused-ring (bicyclic) bond motifs is 1. The zero-order valence-corrected chi connectivity index (χ0v) is 17.5. The maximum Gasteiger partial charge on any atom is 0.255 e. The summed E-state index contributed by atoms with van der Waals surface area (Å²) in [6.07, 6.45) is 3.80. The summed E-state index contributed by atoms with van der Waals surface area (Å²) in [7, 11) is 3.21. The Morgan fingerprint density at radius 1 is 1.21 bits per heavy atom. The number of methoxy groups -OCH3 is 2. The Bertz CT molecular complexity index is 1000. The number of benzene rings is 1. The molecule has 0 spiro atoms. The highest BCUT2D eigenvalue weighted by Gasteiger charge is 2.24. The van der Waals surface area contributed by atoms with Gasteiger partial charge >= 0.3 is 0 Å². The van der Waals surface area contributed by atoms with Gasteiger partial charge in [-0.2, -0.15) is 0 Å². The van der Waals surface area contributed by atoms with Crippen LogP contribution in [0.3, 0.4) is 0 Å². The number of halogens is 1. The predicted octanol–water partition coefficient (Wildman–Crippen LogP) is 2.97. The van der Waals surface area contributed by atoms with E-state index in [0.29, 0.717) is 35.4 Å². The number of hydrogen-bond acceptors (Lipinski definition) is 6. The average Bonchev–Trinajstić information content (AvgIpc) is 2.74. The second kappa shape index (κ2) is 8.55. The number of H-pyrrole nitrogens is 1. The van der Waals surface area contributed by atoms with Gasteiger partial charge in [0.05, 0.1) is 31.2 Å². The first-order valence-electron chi connectivity index (χ1n) is 9.87. The van der Waals surface area contributed by atoms with Crippen molar-refractivity contribution in [2.75, 3.05) is 27.3 Å². The molecule has 2 aliphatic rings. The van der Waals surface area contributed by atoms with E-state index in [1.165, 1.54) is 0 Å². The van der Waals surface area contributed by atoms with Crippen molar-refractivity contribution in [3.8, 4) is 11.5 Å². The van der Waals surface area contributed by atoms with Gasteiger partial charge in [0.25, 0.3) is 5.56 Å². The van der Waals surface area contributed by atoms with E-state index in [-0.39, 0.29) is 5.56 Å². The van der Waals surface area contributed by atoms with Crippen LogP contribution in [-0.4, -0.2) is 47.9 Å². The van der Waals surface area contributed by atoms with E-state index in [1.54, 1.807) is 20.3 Å². The van der Waals surface area contributed by atoms with Crippen LogP contribution in [0.15, 0.2) is 21.9 Å². The van der Waals surface area contributed by atoms with Gasteiger partial charge in [-0.1, -0.05) is 11.6 Å². The molecule has 0 amide bonds. The molecule has 8 heteroatoms. The summed E-state index contributed by atoms with van der Waals surface area (Å²) >= 11 is 6.24. The zero-order valence-electron chi connectivity index (χ0n) is 16.8. The van der Waals surface area contributed by atoms with E-state index in [1.807, 2.05) is 6.07 Å². The summed E-state index contributed by atoms with van der Waals surface area (Å²) in [5.41, 5.74) is 3.39. The number of aromatic nitrogens is 2. The van der Waals surface area contributed by atoms with Gasteiger partial charge in [-0.25, -0.2) is 4.98 Å². The maximum absolute atomic E-state index is 12.8. The molecule has 4 rings (SSSR count). The van der Waals surface area contributed by atoms with Gasteiger partial charge in [0.15, 0.2) is 17.3 Å². The molecule has 1 N–H and O–H groups in total. The topological polar surface area (TPSA) is 79.8 Å². The lowest BCUT2D eigenvalue weighted by atomic mass is 10.0. The van der Waals surface area contributed by atoms with E-state index in [2.05, 4.69) is 14.9 Å². The molecule has 154 valence electrons. The van der Waals surface area contributed by atoms with Crippen molar-refractivity contribution >= 4 is 17.3 Å². The molecule has 0 unspecified atom stereocenters. The van der Waals surface area contributed by atoms with Crippen LogP contribution in [0.1, 0.15) is 41.9 Å². The van der Waals surface area contributed by atoms with Crippen LogP contribution in [-0.2, 0) is 19.5 Å². The first kappa shape index (κ1) is 19.9. The lowest BCUT2D eigenvalue weighted by molar-refractivity contribution is 0.236. The molecule has 0 saturated heterocycles. The lowest BCUT2D eigenvalue weighted by Crippen LogP contribution is -2.36. The summed E-state index contributed by atoms with van der Waals surface area (Å²) in [5, 5.41) is 0.590. The third-order valence-electron chi connectivity index (χ3n) is 5.46. The maximum atomic E-state index is 12.8. The summed E-state index contributed by atoms with van der Waals surface area (Å²) in [6.45, 7) is 2.75. The number of aromatic amines is 1. The number of nitrogens with one attached hydrogen (secondary N) is 1. The van der Waals surface area contributed by atoms with Crippen LogP contribution in [0.5, 0.6) is 11.5 Å². The van der Waals surface area contributed by atoms with Crippen molar-refractivity contribution in [3.05, 3.63) is 50.2 Å². The second-order valence-corrected chi connectivity index (χ2v) is 7.82. The van der Waals surface area contributed by atoms with Crippen LogP contribution < -0.4 is 15.0 Å². The fourth-order valence-corrected chi connectivity index (χ4v) is 4.24. The first-order chi connectivity index (χ1) is 14.1. The molecule has 0 bridgehead atoms. The molecule has 0 saturated carbocycles. The van der Waals surface area contributed by atoms with Crippen LogP contribution in [0.4, 0.5) is 0 Å². The minimum atomic E-state index is -0.0707. The summed E-state index contributed by atoms with van der Waals surface area (Å²) in [5.74, 6) is 1.91. The fourth-order valence-electron chi connectivity index (χ4n) is 4.01. The first-order valence-corrected chi connectivity index (χ1v) is 10.3. The predicted molar refractivity (Wildman–Crippen MR) is 112 cm³/mol. The number of nitrogens with zero attached hydrogens (tertiary/aromatic N) is 3. The van der Waals surface area contributed by atoms with Crippen LogP contribution in [0.25, 0.3) is 0 Å². The molecule has 0 fully saturated rings. The standard InChI is InChI=1S/C21H25ClN4O3/c1-28-18-10-14(22)9-13(19(18)29-2)11-26-8-6-16-15(12-26)21(27)25-20(24-16)17-5-3-4-7-23-17/h9-10H,3-8,11-12H2,1-2H3,(H,24,25,27).